The van der Waals surface area contributed by atoms with Crippen molar-refractivity contribution in [1.82, 2.24) is 14.9 Å². The highest BCUT2D eigenvalue weighted by Gasteiger charge is 2.46. The summed E-state index contributed by atoms with van der Waals surface area (Å²) >= 11 is 0. The largest absolute Gasteiger partial charge is 0.364 e. The number of piperidine rings is 1. The third-order valence-corrected chi connectivity index (χ3v) is 4.72. The van der Waals surface area contributed by atoms with E-state index in [1.165, 1.54) is 0 Å². The van der Waals surface area contributed by atoms with Gasteiger partial charge in [-0.2, -0.15) is 0 Å². The molecule has 0 radical (unpaired) electrons. The third kappa shape index (κ3) is 2.50. The quantitative estimate of drug-likeness (QED) is 0.720. The van der Waals surface area contributed by atoms with Crippen LogP contribution in [0.4, 0.5) is 0 Å². The standard InChI is InChI=1S/C16H19N3O4/c20-14-10-4-1-2-5-11(10)18-15(21)19(14)9-16(22)8-12-13(23-16)6-3-7-17-12/h1-2,4-5,12-13,17,22H,3,6-9H2,(H,18,21)/t12-,13-,16?/m0/s1. The molecule has 3 atom stereocenters. The van der Waals surface area contributed by atoms with E-state index < -0.39 is 17.0 Å². The van der Waals surface area contributed by atoms with E-state index in [0.717, 1.165) is 24.0 Å². The van der Waals surface area contributed by atoms with E-state index in [4.69, 9.17) is 4.74 Å². The van der Waals surface area contributed by atoms with Gasteiger partial charge < -0.3 is 20.1 Å². The number of aromatic nitrogens is 2. The summed E-state index contributed by atoms with van der Waals surface area (Å²) in [6.45, 7) is 0.734. The highest BCUT2D eigenvalue weighted by Crippen LogP contribution is 2.33. The first-order chi connectivity index (χ1) is 11.1. The minimum atomic E-state index is -1.49. The monoisotopic (exact) mass is 317 g/mol. The zero-order valence-electron chi connectivity index (χ0n) is 12.6. The molecule has 4 rings (SSSR count). The summed E-state index contributed by atoms with van der Waals surface area (Å²) in [6, 6.07) is 6.91. The molecule has 2 saturated heterocycles. The van der Waals surface area contributed by atoms with Crippen molar-refractivity contribution < 1.29 is 9.84 Å². The number of nitrogens with one attached hydrogen (secondary N) is 2. The maximum atomic E-state index is 12.6. The molecule has 3 N–H and O–H groups in total. The number of hydrogen-bond donors (Lipinski definition) is 3. The summed E-state index contributed by atoms with van der Waals surface area (Å²) in [5.41, 5.74) is -0.453. The number of benzene rings is 1. The van der Waals surface area contributed by atoms with Crippen molar-refractivity contribution in [1.29, 1.82) is 0 Å². The summed E-state index contributed by atoms with van der Waals surface area (Å²) in [4.78, 5) is 27.5. The minimum Gasteiger partial charge on any atom is -0.364 e. The van der Waals surface area contributed by atoms with Gasteiger partial charge in [0.15, 0.2) is 5.79 Å². The number of para-hydroxylation sites is 1. The van der Waals surface area contributed by atoms with Gasteiger partial charge in [0.25, 0.3) is 5.56 Å². The van der Waals surface area contributed by atoms with Crippen molar-refractivity contribution in [3.05, 3.63) is 45.1 Å². The molecule has 1 aromatic heterocycles. The Morgan fingerprint density at radius 2 is 2.17 bits per heavy atom. The lowest BCUT2D eigenvalue weighted by Crippen LogP contribution is -2.44. The smallest absolute Gasteiger partial charge is 0.329 e. The van der Waals surface area contributed by atoms with Crippen LogP contribution in [-0.4, -0.2) is 39.1 Å². The summed E-state index contributed by atoms with van der Waals surface area (Å²) in [5, 5.41) is 14.5. The molecule has 23 heavy (non-hydrogen) atoms. The Balaban J connectivity index is 1.70. The third-order valence-electron chi connectivity index (χ3n) is 4.72. The summed E-state index contributed by atoms with van der Waals surface area (Å²) in [6.07, 6.45) is 2.18. The zero-order chi connectivity index (χ0) is 16.0. The van der Waals surface area contributed by atoms with Crippen molar-refractivity contribution in [2.24, 2.45) is 0 Å². The summed E-state index contributed by atoms with van der Waals surface area (Å²) < 4.78 is 6.79. The minimum absolute atomic E-state index is 0.0657. The Bertz CT molecular complexity index is 842. The van der Waals surface area contributed by atoms with Crippen molar-refractivity contribution >= 4 is 10.9 Å². The van der Waals surface area contributed by atoms with Crippen LogP contribution in [0.3, 0.4) is 0 Å². The molecule has 0 aliphatic carbocycles. The molecule has 1 unspecified atom stereocenters. The lowest BCUT2D eigenvalue weighted by Gasteiger charge is -2.25. The van der Waals surface area contributed by atoms with Crippen LogP contribution in [0.2, 0.25) is 0 Å². The van der Waals surface area contributed by atoms with Crippen molar-refractivity contribution in [2.75, 3.05) is 6.54 Å². The van der Waals surface area contributed by atoms with Gasteiger partial charge in [0.05, 0.1) is 23.6 Å². The van der Waals surface area contributed by atoms with Gasteiger partial charge in [-0.25, -0.2) is 4.79 Å². The molecule has 0 saturated carbocycles. The highest BCUT2D eigenvalue weighted by atomic mass is 16.6. The predicted octanol–water partition coefficient (Wildman–Crippen LogP) is -0.0807. The molecule has 0 bridgehead atoms. The first kappa shape index (κ1) is 14.6. The van der Waals surface area contributed by atoms with E-state index in [9.17, 15) is 14.7 Å². The average molecular weight is 317 g/mol. The van der Waals surface area contributed by atoms with Gasteiger partial charge in [-0.05, 0) is 31.5 Å². The molecule has 0 amide bonds. The lowest BCUT2D eigenvalue weighted by atomic mass is 9.99. The van der Waals surface area contributed by atoms with Gasteiger partial charge in [-0.15, -0.1) is 0 Å². The van der Waals surface area contributed by atoms with Gasteiger partial charge in [0.2, 0.25) is 0 Å². The molecule has 2 fully saturated rings. The molecule has 0 spiro atoms. The number of hydrogen-bond acceptors (Lipinski definition) is 5. The van der Waals surface area contributed by atoms with Crippen LogP contribution in [-0.2, 0) is 11.3 Å². The second kappa shape index (κ2) is 5.30. The predicted molar refractivity (Wildman–Crippen MR) is 84.3 cm³/mol. The molecule has 2 aromatic rings. The maximum absolute atomic E-state index is 12.6. The van der Waals surface area contributed by atoms with Gasteiger partial charge in [-0.3, -0.25) is 9.36 Å². The molecule has 1 aromatic carbocycles. The van der Waals surface area contributed by atoms with Gasteiger partial charge in [0, 0.05) is 12.5 Å². The summed E-state index contributed by atoms with van der Waals surface area (Å²) in [7, 11) is 0. The van der Waals surface area contributed by atoms with E-state index in [0.29, 0.717) is 17.3 Å². The average Bonchev–Trinajstić information content (AvgIpc) is 2.88. The van der Waals surface area contributed by atoms with Crippen molar-refractivity contribution in [3.63, 3.8) is 0 Å². The molecular weight excluding hydrogens is 298 g/mol. The molecule has 2 aliphatic heterocycles. The number of aliphatic hydroxyl groups is 1. The van der Waals surface area contributed by atoms with Gasteiger partial charge >= 0.3 is 5.69 Å². The van der Waals surface area contributed by atoms with Crippen LogP contribution in [0.25, 0.3) is 10.9 Å². The highest BCUT2D eigenvalue weighted by molar-refractivity contribution is 5.76. The number of nitrogens with zero attached hydrogens (tertiary/aromatic N) is 1. The lowest BCUT2D eigenvalue weighted by molar-refractivity contribution is -0.202. The van der Waals surface area contributed by atoms with Gasteiger partial charge in [0.1, 0.15) is 0 Å². The number of aromatic amines is 1. The van der Waals surface area contributed by atoms with Crippen LogP contribution >= 0.6 is 0 Å². The molecule has 7 nitrogen and oxygen atoms in total. The SMILES string of the molecule is O=c1[nH]c2ccccc2c(=O)n1CC1(O)C[C@@H]2NCCC[C@@H]2O1. The van der Waals surface area contributed by atoms with E-state index in [1.54, 1.807) is 24.3 Å². The summed E-state index contributed by atoms with van der Waals surface area (Å²) in [5.74, 6) is -1.49. The normalized spacial score (nSPS) is 30.5. The van der Waals surface area contributed by atoms with E-state index in [-0.39, 0.29) is 18.7 Å². The fourth-order valence-electron chi connectivity index (χ4n) is 3.63. The number of fused-ring (bicyclic) bond motifs is 2. The Kier molecular flexibility index (Phi) is 3.37. The van der Waals surface area contributed by atoms with E-state index in [1.807, 2.05) is 0 Å². The molecule has 122 valence electrons. The maximum Gasteiger partial charge on any atom is 0.329 e. The molecule has 7 heteroatoms. The Morgan fingerprint density at radius 1 is 1.35 bits per heavy atom. The number of rotatable bonds is 2. The Morgan fingerprint density at radius 3 is 3.00 bits per heavy atom. The van der Waals surface area contributed by atoms with Crippen LogP contribution < -0.4 is 16.6 Å². The first-order valence-electron chi connectivity index (χ1n) is 7.91. The topological polar surface area (TPSA) is 96.4 Å². The molecular formula is C16H19N3O4. The van der Waals surface area contributed by atoms with Crippen molar-refractivity contribution in [2.45, 2.75) is 43.7 Å². The second-order valence-electron chi connectivity index (χ2n) is 6.38. The van der Waals surface area contributed by atoms with Crippen molar-refractivity contribution in [3.8, 4) is 0 Å². The van der Waals surface area contributed by atoms with Crippen LogP contribution in [0, 0.1) is 0 Å². The Hall–Kier alpha value is -1.96. The molecule has 2 aliphatic rings. The van der Waals surface area contributed by atoms with Crippen LogP contribution in [0.1, 0.15) is 19.3 Å². The molecule has 3 heterocycles. The Labute approximate surface area is 131 Å². The zero-order valence-corrected chi connectivity index (χ0v) is 12.6. The fourth-order valence-corrected chi connectivity index (χ4v) is 3.63. The van der Waals surface area contributed by atoms with Crippen LogP contribution in [0.5, 0.6) is 0 Å². The van der Waals surface area contributed by atoms with Gasteiger partial charge in [-0.1, -0.05) is 12.1 Å². The van der Waals surface area contributed by atoms with E-state index >= 15 is 0 Å². The van der Waals surface area contributed by atoms with Crippen LogP contribution in [0.15, 0.2) is 33.9 Å². The number of ether oxygens (including phenoxy) is 1. The number of H-pyrrole nitrogens is 1. The second-order valence-corrected chi connectivity index (χ2v) is 6.38. The fraction of sp³-hybridized carbons (Fsp3) is 0.500. The first-order valence-corrected chi connectivity index (χ1v) is 7.91. The van der Waals surface area contributed by atoms with E-state index in [2.05, 4.69) is 10.3 Å².